The van der Waals surface area contributed by atoms with Crippen LogP contribution in [0.25, 0.3) is 11.0 Å². The summed E-state index contributed by atoms with van der Waals surface area (Å²) in [5, 5.41) is 0.0356. The van der Waals surface area contributed by atoms with E-state index < -0.39 is 10.0 Å². The number of rotatable bonds is 4. The highest BCUT2D eigenvalue weighted by Crippen LogP contribution is 2.22. The molecule has 0 unspecified atom stereocenters. The number of hydrogen-bond acceptors (Lipinski definition) is 5. The van der Waals surface area contributed by atoms with E-state index in [2.05, 4.69) is 14.7 Å². The van der Waals surface area contributed by atoms with Gasteiger partial charge in [-0.1, -0.05) is 23.2 Å². The number of nitrogens with one attached hydrogen (secondary N) is 1. The van der Waals surface area contributed by atoms with E-state index >= 15 is 0 Å². The van der Waals surface area contributed by atoms with Crippen LogP contribution >= 0.6 is 23.2 Å². The minimum absolute atomic E-state index is 0.00966. The second kappa shape index (κ2) is 5.38. The standard InChI is InChI=1S/C10H7Cl2N3O3S/c11-9-10(12)15-8-5-6(1-2-7(8)14-9)19(17,18)13-3-4-16/h1-2,4-5,13H,3H2. The summed E-state index contributed by atoms with van der Waals surface area (Å²) >= 11 is 11.4. The van der Waals surface area contributed by atoms with Crippen LogP contribution in [0.15, 0.2) is 23.1 Å². The Labute approximate surface area is 118 Å². The predicted octanol–water partition coefficient (Wildman–Crippen LogP) is 1.41. The molecule has 0 atom stereocenters. The van der Waals surface area contributed by atoms with Crippen LogP contribution in [0, 0.1) is 0 Å². The molecule has 0 aliphatic carbocycles. The van der Waals surface area contributed by atoms with Crippen molar-refractivity contribution in [2.24, 2.45) is 0 Å². The van der Waals surface area contributed by atoms with Crippen molar-refractivity contribution in [2.45, 2.75) is 4.90 Å². The number of carbonyl (C=O) groups is 1. The Morgan fingerprint density at radius 2 is 1.79 bits per heavy atom. The van der Waals surface area contributed by atoms with Crippen molar-refractivity contribution < 1.29 is 13.2 Å². The first-order valence-electron chi connectivity index (χ1n) is 5.00. The molecule has 1 aromatic carbocycles. The Balaban J connectivity index is 2.52. The second-order valence-corrected chi connectivity index (χ2v) is 5.96. The highest BCUT2D eigenvalue weighted by atomic mass is 35.5. The van der Waals surface area contributed by atoms with Crippen LogP contribution in [0.2, 0.25) is 10.3 Å². The number of aromatic nitrogens is 2. The van der Waals surface area contributed by atoms with Crippen LogP contribution in [-0.4, -0.2) is 31.2 Å². The molecule has 1 N–H and O–H groups in total. The summed E-state index contributed by atoms with van der Waals surface area (Å²) < 4.78 is 25.7. The van der Waals surface area contributed by atoms with Gasteiger partial charge in [0.1, 0.15) is 6.29 Å². The maximum absolute atomic E-state index is 11.8. The van der Waals surface area contributed by atoms with Crippen LogP contribution in [0.5, 0.6) is 0 Å². The lowest BCUT2D eigenvalue weighted by Gasteiger charge is -2.05. The van der Waals surface area contributed by atoms with E-state index in [0.29, 0.717) is 17.3 Å². The molecule has 0 saturated carbocycles. The molecule has 2 rings (SSSR count). The Hall–Kier alpha value is -1.28. The highest BCUT2D eigenvalue weighted by molar-refractivity contribution is 7.89. The van der Waals surface area contributed by atoms with Gasteiger partial charge in [-0.15, -0.1) is 0 Å². The molecule has 0 aliphatic heterocycles. The molecular formula is C10H7Cl2N3O3S. The van der Waals surface area contributed by atoms with Gasteiger partial charge in [-0.2, -0.15) is 0 Å². The number of fused-ring (bicyclic) bond motifs is 1. The molecule has 0 radical (unpaired) electrons. The second-order valence-electron chi connectivity index (χ2n) is 3.47. The summed E-state index contributed by atoms with van der Waals surface area (Å²) in [7, 11) is -3.76. The average Bonchev–Trinajstić information content (AvgIpc) is 2.37. The molecule has 19 heavy (non-hydrogen) atoms. The van der Waals surface area contributed by atoms with Gasteiger partial charge >= 0.3 is 0 Å². The van der Waals surface area contributed by atoms with Crippen LogP contribution < -0.4 is 4.72 Å². The molecule has 9 heteroatoms. The molecule has 0 spiro atoms. The van der Waals surface area contributed by atoms with E-state index in [1.54, 1.807) is 0 Å². The molecule has 0 amide bonds. The van der Waals surface area contributed by atoms with Crippen molar-refractivity contribution in [3.63, 3.8) is 0 Å². The quantitative estimate of drug-likeness (QED) is 0.861. The smallest absolute Gasteiger partial charge is 0.241 e. The fourth-order valence-electron chi connectivity index (χ4n) is 1.39. The number of carbonyl (C=O) groups excluding carboxylic acids is 1. The number of nitrogens with zero attached hydrogens (tertiary/aromatic N) is 2. The lowest BCUT2D eigenvalue weighted by atomic mass is 10.3. The maximum Gasteiger partial charge on any atom is 0.241 e. The third-order valence-corrected chi connectivity index (χ3v) is 4.27. The summed E-state index contributed by atoms with van der Waals surface area (Å²) in [5.41, 5.74) is 0.715. The fourth-order valence-corrected chi connectivity index (χ4v) is 2.62. The largest absolute Gasteiger partial charge is 0.302 e. The van der Waals surface area contributed by atoms with Crippen molar-refractivity contribution in [1.29, 1.82) is 0 Å². The lowest BCUT2D eigenvalue weighted by Crippen LogP contribution is -2.25. The molecule has 0 fully saturated rings. The van der Waals surface area contributed by atoms with Gasteiger partial charge in [-0.25, -0.2) is 23.1 Å². The van der Waals surface area contributed by atoms with Gasteiger partial charge in [0, 0.05) is 0 Å². The van der Waals surface area contributed by atoms with Crippen molar-refractivity contribution in [3.8, 4) is 0 Å². The predicted molar refractivity (Wildman–Crippen MR) is 70.8 cm³/mol. The Kier molecular flexibility index (Phi) is 4.00. The summed E-state index contributed by atoms with van der Waals surface area (Å²) in [4.78, 5) is 18.1. The molecule has 1 aromatic heterocycles. The fraction of sp³-hybridized carbons (Fsp3) is 0.100. The summed E-state index contributed by atoms with van der Waals surface area (Å²) in [5.74, 6) is 0. The molecule has 6 nitrogen and oxygen atoms in total. The van der Waals surface area contributed by atoms with Gasteiger partial charge in [0.25, 0.3) is 0 Å². The number of aldehydes is 1. The molecule has 0 aliphatic rings. The monoisotopic (exact) mass is 319 g/mol. The van der Waals surface area contributed by atoms with Crippen molar-refractivity contribution in [3.05, 3.63) is 28.5 Å². The van der Waals surface area contributed by atoms with Crippen molar-refractivity contribution >= 4 is 50.5 Å². The molecule has 2 aromatic rings. The van der Waals surface area contributed by atoms with Crippen LogP contribution in [0.1, 0.15) is 0 Å². The van der Waals surface area contributed by atoms with Gasteiger partial charge in [-0.05, 0) is 18.2 Å². The van der Waals surface area contributed by atoms with E-state index in [1.807, 2.05) is 0 Å². The molecule has 100 valence electrons. The summed E-state index contributed by atoms with van der Waals surface area (Å²) in [6.45, 7) is -0.298. The zero-order valence-electron chi connectivity index (χ0n) is 9.30. The third-order valence-electron chi connectivity index (χ3n) is 2.22. The van der Waals surface area contributed by atoms with Crippen molar-refractivity contribution in [2.75, 3.05) is 6.54 Å². The zero-order valence-corrected chi connectivity index (χ0v) is 11.6. The van der Waals surface area contributed by atoms with Gasteiger partial charge in [0.15, 0.2) is 10.3 Å². The SMILES string of the molecule is O=CCNS(=O)(=O)c1ccc2nc(Cl)c(Cl)nc2c1. The van der Waals surface area contributed by atoms with E-state index in [-0.39, 0.29) is 21.7 Å². The normalized spacial score (nSPS) is 11.7. The highest BCUT2D eigenvalue weighted by Gasteiger charge is 2.15. The number of halogens is 2. The van der Waals surface area contributed by atoms with Crippen LogP contribution in [0.3, 0.4) is 0 Å². The Morgan fingerprint density at radius 3 is 2.42 bits per heavy atom. The zero-order chi connectivity index (χ0) is 14.0. The summed E-state index contributed by atoms with van der Waals surface area (Å²) in [6, 6.07) is 4.10. The van der Waals surface area contributed by atoms with E-state index in [1.165, 1.54) is 18.2 Å². The third kappa shape index (κ3) is 3.01. The first kappa shape index (κ1) is 14.1. The van der Waals surface area contributed by atoms with Crippen LogP contribution in [0.4, 0.5) is 0 Å². The first-order valence-corrected chi connectivity index (χ1v) is 7.24. The topological polar surface area (TPSA) is 89.0 Å². The van der Waals surface area contributed by atoms with E-state index in [0.717, 1.165) is 0 Å². The molecule has 1 heterocycles. The summed E-state index contributed by atoms with van der Waals surface area (Å²) in [6.07, 6.45) is 0.453. The van der Waals surface area contributed by atoms with Crippen molar-refractivity contribution in [1.82, 2.24) is 14.7 Å². The van der Waals surface area contributed by atoms with E-state index in [9.17, 15) is 13.2 Å². The molecule has 0 bridgehead atoms. The number of sulfonamides is 1. The van der Waals surface area contributed by atoms with Gasteiger partial charge in [0.2, 0.25) is 10.0 Å². The first-order chi connectivity index (χ1) is 8.94. The van der Waals surface area contributed by atoms with Gasteiger partial charge in [-0.3, -0.25) is 0 Å². The van der Waals surface area contributed by atoms with Gasteiger partial charge in [0.05, 0.1) is 22.5 Å². The molecular weight excluding hydrogens is 313 g/mol. The number of hydrogen-bond donors (Lipinski definition) is 1. The minimum atomic E-state index is -3.76. The Morgan fingerprint density at radius 1 is 1.16 bits per heavy atom. The van der Waals surface area contributed by atoms with Gasteiger partial charge < -0.3 is 4.79 Å². The van der Waals surface area contributed by atoms with E-state index in [4.69, 9.17) is 23.2 Å². The average molecular weight is 320 g/mol. The number of benzene rings is 1. The lowest BCUT2D eigenvalue weighted by molar-refractivity contribution is -0.106. The molecule has 0 saturated heterocycles. The minimum Gasteiger partial charge on any atom is -0.302 e. The maximum atomic E-state index is 11.8. The Bertz CT molecular complexity index is 749. The van der Waals surface area contributed by atoms with Crippen LogP contribution in [-0.2, 0) is 14.8 Å².